The first-order valence-electron chi connectivity index (χ1n) is 5.65. The number of hydrogen-bond donors (Lipinski definition) is 2. The Morgan fingerprint density at radius 2 is 2.18 bits per heavy atom. The van der Waals surface area contributed by atoms with Crippen molar-refractivity contribution in [2.24, 2.45) is 0 Å². The fourth-order valence-electron chi connectivity index (χ4n) is 1.70. The van der Waals surface area contributed by atoms with E-state index in [0.717, 1.165) is 23.4 Å². The lowest BCUT2D eigenvalue weighted by Crippen LogP contribution is -2.15. The number of aromatic nitrogens is 2. The van der Waals surface area contributed by atoms with Gasteiger partial charge in [0.15, 0.2) is 0 Å². The smallest absolute Gasteiger partial charge is 0.230 e. The fourth-order valence-corrected chi connectivity index (χ4v) is 1.70. The monoisotopic (exact) mass is 229 g/mol. The number of aryl methyl sites for hydroxylation is 1. The molecule has 4 heteroatoms. The van der Waals surface area contributed by atoms with E-state index in [9.17, 15) is 4.79 Å². The molecule has 4 nitrogen and oxygen atoms in total. The van der Waals surface area contributed by atoms with Gasteiger partial charge in [0, 0.05) is 17.6 Å². The van der Waals surface area contributed by atoms with E-state index in [4.69, 9.17) is 0 Å². The third-order valence-corrected chi connectivity index (χ3v) is 2.58. The fraction of sp³-hybridized carbons (Fsp3) is 0.231. The van der Waals surface area contributed by atoms with Crippen molar-refractivity contribution in [3.63, 3.8) is 0 Å². The average Bonchev–Trinajstić information content (AvgIpc) is 2.82. The molecule has 0 unspecified atom stereocenters. The molecule has 0 bridgehead atoms. The topological polar surface area (TPSA) is 57.8 Å². The van der Waals surface area contributed by atoms with Gasteiger partial charge in [0.25, 0.3) is 0 Å². The van der Waals surface area contributed by atoms with Gasteiger partial charge >= 0.3 is 0 Å². The van der Waals surface area contributed by atoms with Crippen molar-refractivity contribution in [2.75, 3.05) is 5.32 Å². The molecule has 2 aromatic rings. The molecule has 88 valence electrons. The lowest BCUT2D eigenvalue weighted by atomic mass is 10.1. The highest BCUT2D eigenvalue weighted by atomic mass is 16.1. The molecule has 0 aliphatic carbocycles. The number of nitrogens with one attached hydrogen (secondary N) is 2. The van der Waals surface area contributed by atoms with Crippen molar-refractivity contribution in [3.8, 4) is 0 Å². The normalized spacial score (nSPS) is 10.2. The zero-order valence-corrected chi connectivity index (χ0v) is 9.73. The summed E-state index contributed by atoms with van der Waals surface area (Å²) in [5.74, 6) is -0.0323. The first kappa shape index (κ1) is 11.4. The van der Waals surface area contributed by atoms with E-state index in [1.807, 2.05) is 24.3 Å². The van der Waals surface area contributed by atoms with Crippen LogP contribution in [0.4, 0.5) is 5.69 Å². The Kier molecular flexibility index (Phi) is 3.55. The van der Waals surface area contributed by atoms with E-state index < -0.39 is 0 Å². The predicted octanol–water partition coefficient (Wildman–Crippen LogP) is 2.15. The van der Waals surface area contributed by atoms with Gasteiger partial charge in [-0.05, 0) is 24.1 Å². The number of carbonyl (C=O) groups is 1. The molecule has 17 heavy (non-hydrogen) atoms. The Morgan fingerprint density at radius 1 is 1.35 bits per heavy atom. The number of anilines is 1. The van der Waals surface area contributed by atoms with Crippen LogP contribution in [-0.2, 0) is 17.6 Å². The maximum absolute atomic E-state index is 11.8. The minimum Gasteiger partial charge on any atom is -0.326 e. The van der Waals surface area contributed by atoms with Gasteiger partial charge in [-0.25, -0.2) is 0 Å². The molecule has 2 N–H and O–H groups in total. The quantitative estimate of drug-likeness (QED) is 0.844. The summed E-state index contributed by atoms with van der Waals surface area (Å²) in [6.45, 7) is 2.07. The molecular weight excluding hydrogens is 214 g/mol. The Balaban J connectivity index is 2.03. The van der Waals surface area contributed by atoms with Gasteiger partial charge in [0.05, 0.1) is 6.42 Å². The first-order chi connectivity index (χ1) is 8.29. The number of aromatic amines is 1. The predicted molar refractivity (Wildman–Crippen MR) is 66.7 cm³/mol. The summed E-state index contributed by atoms with van der Waals surface area (Å²) in [5, 5.41) is 9.50. The van der Waals surface area contributed by atoms with E-state index >= 15 is 0 Å². The molecule has 2 rings (SSSR count). The van der Waals surface area contributed by atoms with Crippen molar-refractivity contribution < 1.29 is 4.79 Å². The maximum atomic E-state index is 11.8. The van der Waals surface area contributed by atoms with Crippen LogP contribution >= 0.6 is 0 Å². The third-order valence-electron chi connectivity index (χ3n) is 2.58. The minimum absolute atomic E-state index is 0.0323. The van der Waals surface area contributed by atoms with E-state index in [2.05, 4.69) is 22.4 Å². The van der Waals surface area contributed by atoms with Crippen LogP contribution < -0.4 is 5.32 Å². The second kappa shape index (κ2) is 5.30. The second-order valence-corrected chi connectivity index (χ2v) is 3.82. The molecule has 0 spiro atoms. The Hall–Kier alpha value is -2.10. The molecule has 1 aromatic heterocycles. The second-order valence-electron chi connectivity index (χ2n) is 3.82. The number of H-pyrrole nitrogens is 1. The van der Waals surface area contributed by atoms with E-state index in [1.54, 1.807) is 12.3 Å². The average molecular weight is 229 g/mol. The van der Waals surface area contributed by atoms with E-state index in [1.165, 1.54) is 0 Å². The Bertz CT molecular complexity index is 491. The van der Waals surface area contributed by atoms with Gasteiger partial charge in [-0.3, -0.25) is 9.89 Å². The van der Waals surface area contributed by atoms with Gasteiger partial charge in [0.2, 0.25) is 5.91 Å². The van der Waals surface area contributed by atoms with Gasteiger partial charge < -0.3 is 5.32 Å². The molecular formula is C13H15N3O. The number of carbonyl (C=O) groups excluding carboxylic acids is 1. The van der Waals surface area contributed by atoms with Gasteiger partial charge in [-0.2, -0.15) is 5.10 Å². The Morgan fingerprint density at radius 3 is 2.88 bits per heavy atom. The molecule has 0 aliphatic rings. The third kappa shape index (κ3) is 2.93. The van der Waals surface area contributed by atoms with Crippen molar-refractivity contribution in [3.05, 3.63) is 47.8 Å². The van der Waals surface area contributed by atoms with Gasteiger partial charge in [-0.15, -0.1) is 0 Å². The number of benzene rings is 1. The molecule has 0 radical (unpaired) electrons. The molecule has 1 amide bonds. The SMILES string of the molecule is CCc1ccccc1NC(=O)Cc1ccn[nH]1. The van der Waals surface area contributed by atoms with Crippen molar-refractivity contribution in [1.29, 1.82) is 0 Å². The van der Waals surface area contributed by atoms with Crippen LogP contribution in [0.5, 0.6) is 0 Å². The molecule has 1 aromatic carbocycles. The van der Waals surface area contributed by atoms with Crippen LogP contribution in [-0.4, -0.2) is 16.1 Å². The number of amides is 1. The highest BCUT2D eigenvalue weighted by Crippen LogP contribution is 2.15. The zero-order chi connectivity index (χ0) is 12.1. The summed E-state index contributed by atoms with van der Waals surface area (Å²) in [7, 11) is 0. The molecule has 0 aliphatic heterocycles. The standard InChI is InChI=1S/C13H15N3O/c1-2-10-5-3-4-6-12(10)15-13(17)9-11-7-8-14-16-11/h3-8H,2,9H2,1H3,(H,14,16)(H,15,17). The van der Waals surface area contributed by atoms with E-state index in [-0.39, 0.29) is 5.91 Å². The van der Waals surface area contributed by atoms with Gasteiger partial charge in [-0.1, -0.05) is 25.1 Å². The summed E-state index contributed by atoms with van der Waals surface area (Å²) in [4.78, 5) is 11.8. The largest absolute Gasteiger partial charge is 0.326 e. The zero-order valence-electron chi connectivity index (χ0n) is 9.73. The molecule has 0 atom stereocenters. The number of nitrogens with zero attached hydrogens (tertiary/aromatic N) is 1. The van der Waals surface area contributed by atoms with Crippen molar-refractivity contribution in [2.45, 2.75) is 19.8 Å². The molecule has 1 heterocycles. The van der Waals surface area contributed by atoms with Crippen molar-refractivity contribution >= 4 is 11.6 Å². The highest BCUT2D eigenvalue weighted by Gasteiger charge is 2.06. The molecule has 0 saturated heterocycles. The van der Waals surface area contributed by atoms with Crippen LogP contribution in [0.1, 0.15) is 18.2 Å². The summed E-state index contributed by atoms with van der Waals surface area (Å²) < 4.78 is 0. The lowest BCUT2D eigenvalue weighted by Gasteiger charge is -2.08. The maximum Gasteiger partial charge on any atom is 0.230 e. The summed E-state index contributed by atoms with van der Waals surface area (Å²) >= 11 is 0. The Labute approximate surface area is 100 Å². The van der Waals surface area contributed by atoms with Crippen LogP contribution in [0.3, 0.4) is 0 Å². The van der Waals surface area contributed by atoms with Crippen LogP contribution in [0.15, 0.2) is 36.5 Å². The lowest BCUT2D eigenvalue weighted by molar-refractivity contribution is -0.115. The van der Waals surface area contributed by atoms with E-state index in [0.29, 0.717) is 6.42 Å². The number of para-hydroxylation sites is 1. The molecule has 0 saturated carbocycles. The first-order valence-corrected chi connectivity index (χ1v) is 5.65. The van der Waals surface area contributed by atoms with Crippen LogP contribution in [0.25, 0.3) is 0 Å². The van der Waals surface area contributed by atoms with Crippen LogP contribution in [0.2, 0.25) is 0 Å². The highest BCUT2D eigenvalue weighted by molar-refractivity contribution is 5.92. The van der Waals surface area contributed by atoms with Crippen LogP contribution in [0, 0.1) is 0 Å². The number of rotatable bonds is 4. The summed E-state index contributed by atoms with van der Waals surface area (Å²) in [6, 6.07) is 9.63. The number of hydrogen-bond acceptors (Lipinski definition) is 2. The molecule has 0 fully saturated rings. The minimum atomic E-state index is -0.0323. The summed E-state index contributed by atoms with van der Waals surface area (Å²) in [6.07, 6.45) is 2.86. The summed E-state index contributed by atoms with van der Waals surface area (Å²) in [5.41, 5.74) is 2.85. The van der Waals surface area contributed by atoms with Crippen molar-refractivity contribution in [1.82, 2.24) is 10.2 Å². The van der Waals surface area contributed by atoms with Gasteiger partial charge in [0.1, 0.15) is 0 Å².